The Morgan fingerprint density at radius 2 is 1.79 bits per heavy atom. The summed E-state index contributed by atoms with van der Waals surface area (Å²) in [5, 5.41) is 24.8. The molecule has 0 saturated heterocycles. The van der Waals surface area contributed by atoms with Gasteiger partial charge < -0.3 is 30.5 Å². The molecule has 0 bridgehead atoms. The van der Waals surface area contributed by atoms with E-state index in [9.17, 15) is 24.6 Å². The molecule has 9 heteroatoms. The number of carbonyl (C=O) groups excluding carboxylic acids is 3. The lowest BCUT2D eigenvalue weighted by Crippen LogP contribution is -2.55. The number of hydrogen-bond donors (Lipinski definition) is 4. The number of aryl methyl sites for hydroxylation is 2. The van der Waals surface area contributed by atoms with Gasteiger partial charge in [-0.15, -0.1) is 0 Å². The molecule has 0 aliphatic carbocycles. The van der Waals surface area contributed by atoms with Gasteiger partial charge in [0, 0.05) is 13.1 Å². The van der Waals surface area contributed by atoms with Gasteiger partial charge in [-0.05, 0) is 52.2 Å². The molecule has 9 nitrogen and oxygen atoms in total. The molecule has 0 heterocycles. The highest BCUT2D eigenvalue weighted by atomic mass is 16.6. The Morgan fingerprint density at radius 3 is 2.32 bits per heavy atom. The number of amides is 3. The molecule has 2 atom stereocenters. The summed E-state index contributed by atoms with van der Waals surface area (Å²) in [6.45, 7) is 10.1. The molecular formula is C25H41N3O6. The van der Waals surface area contributed by atoms with Crippen molar-refractivity contribution in [2.45, 2.75) is 78.5 Å². The molecule has 0 aromatic heterocycles. The van der Waals surface area contributed by atoms with Crippen LogP contribution in [0.4, 0.5) is 4.79 Å². The van der Waals surface area contributed by atoms with Crippen LogP contribution >= 0.6 is 0 Å². The molecule has 4 N–H and O–H groups in total. The molecule has 0 aliphatic heterocycles. The van der Waals surface area contributed by atoms with Crippen molar-refractivity contribution >= 4 is 17.9 Å². The average Bonchev–Trinajstić information content (AvgIpc) is 2.74. The molecule has 0 spiro atoms. The van der Waals surface area contributed by atoms with Gasteiger partial charge in [0.2, 0.25) is 11.8 Å². The zero-order valence-corrected chi connectivity index (χ0v) is 21.3. The molecule has 1 aromatic carbocycles. The number of rotatable bonds is 12. The first kappa shape index (κ1) is 29.4. The topological polar surface area (TPSA) is 128 Å². The number of benzene rings is 1. The number of hydrogen-bond acceptors (Lipinski definition) is 6. The summed E-state index contributed by atoms with van der Waals surface area (Å²) in [4.78, 5) is 40.2. The maximum atomic E-state index is 13.4. The molecular weight excluding hydrogens is 438 g/mol. The molecule has 3 amide bonds. The van der Waals surface area contributed by atoms with Gasteiger partial charge in [-0.25, -0.2) is 4.79 Å². The van der Waals surface area contributed by atoms with Gasteiger partial charge >= 0.3 is 6.09 Å². The number of nitrogens with one attached hydrogen (secondary N) is 2. The molecule has 34 heavy (non-hydrogen) atoms. The second kappa shape index (κ2) is 13.9. The Bertz CT molecular complexity index is 821. The molecule has 192 valence electrons. The summed E-state index contributed by atoms with van der Waals surface area (Å²) >= 11 is 0. The van der Waals surface area contributed by atoms with E-state index in [-0.39, 0.29) is 12.5 Å². The summed E-state index contributed by atoms with van der Waals surface area (Å²) in [5.74, 6) is -1.09. The number of aliphatic hydroxyl groups excluding tert-OH is 2. The summed E-state index contributed by atoms with van der Waals surface area (Å²) in [7, 11) is 0. The lowest BCUT2D eigenvalue weighted by molar-refractivity contribution is -0.143. The van der Waals surface area contributed by atoms with Crippen molar-refractivity contribution in [2.24, 2.45) is 0 Å². The number of alkyl carbamates (subject to hydrolysis) is 1. The van der Waals surface area contributed by atoms with E-state index in [1.54, 1.807) is 26.8 Å². The number of aliphatic hydroxyl groups is 2. The zero-order valence-electron chi connectivity index (χ0n) is 21.3. The van der Waals surface area contributed by atoms with E-state index >= 15 is 0 Å². The van der Waals surface area contributed by atoms with Crippen molar-refractivity contribution in [3.05, 3.63) is 34.9 Å². The summed E-state index contributed by atoms with van der Waals surface area (Å²) in [6, 6.07) is 3.16. The van der Waals surface area contributed by atoms with Gasteiger partial charge in [0.25, 0.3) is 0 Å². The van der Waals surface area contributed by atoms with E-state index in [0.29, 0.717) is 12.1 Å². The number of nitrogens with zero attached hydrogens (tertiary/aromatic N) is 1. The fourth-order valence-electron chi connectivity index (χ4n) is 3.58. The highest BCUT2D eigenvalue weighted by Gasteiger charge is 2.36. The first-order valence-corrected chi connectivity index (χ1v) is 11.8. The predicted molar refractivity (Wildman–Crippen MR) is 130 cm³/mol. The summed E-state index contributed by atoms with van der Waals surface area (Å²) in [5.41, 5.74) is 1.63. The van der Waals surface area contributed by atoms with Gasteiger partial charge in [-0.2, -0.15) is 0 Å². The van der Waals surface area contributed by atoms with Crippen molar-refractivity contribution < 1.29 is 29.3 Å². The standard InChI is InChI=1S/C25H41N3O6/c1-7-8-9-12-26-22(31)21(19-11-10-17(2)15-18(19)3)28(13-14-29)23(32)20(16-30)27-24(33)34-25(4,5)6/h10-11,15,20-21,29-30H,7-9,12-14,16H2,1-6H3,(H,26,31)(H,27,33). The van der Waals surface area contributed by atoms with Crippen LogP contribution in [-0.2, 0) is 14.3 Å². The largest absolute Gasteiger partial charge is 0.444 e. The van der Waals surface area contributed by atoms with Crippen molar-refractivity contribution in [3.8, 4) is 0 Å². The van der Waals surface area contributed by atoms with E-state index < -0.39 is 42.9 Å². The van der Waals surface area contributed by atoms with Gasteiger partial charge in [0.15, 0.2) is 0 Å². The maximum absolute atomic E-state index is 13.4. The average molecular weight is 480 g/mol. The van der Waals surface area contributed by atoms with Gasteiger partial charge in [0.1, 0.15) is 17.7 Å². The van der Waals surface area contributed by atoms with Gasteiger partial charge in [-0.3, -0.25) is 9.59 Å². The lowest BCUT2D eigenvalue weighted by Gasteiger charge is -2.34. The van der Waals surface area contributed by atoms with Crippen LogP contribution in [0.1, 0.15) is 69.7 Å². The Labute approximate surface area is 202 Å². The first-order valence-electron chi connectivity index (χ1n) is 11.8. The minimum atomic E-state index is -1.34. The Balaban J connectivity index is 3.31. The fraction of sp³-hybridized carbons (Fsp3) is 0.640. The number of unbranched alkanes of at least 4 members (excludes halogenated alkanes) is 2. The van der Waals surface area contributed by atoms with E-state index in [1.165, 1.54) is 4.90 Å². The van der Waals surface area contributed by atoms with E-state index in [2.05, 4.69) is 17.6 Å². The van der Waals surface area contributed by atoms with Crippen molar-refractivity contribution in [1.29, 1.82) is 0 Å². The molecule has 2 unspecified atom stereocenters. The second-order valence-electron chi connectivity index (χ2n) is 9.40. The molecule has 1 rings (SSSR count). The third-order valence-corrected chi connectivity index (χ3v) is 5.16. The van der Waals surface area contributed by atoms with Crippen LogP contribution in [0.15, 0.2) is 18.2 Å². The highest BCUT2D eigenvalue weighted by Crippen LogP contribution is 2.26. The normalized spacial score (nSPS) is 13.1. The molecule has 0 saturated carbocycles. The van der Waals surface area contributed by atoms with Crippen LogP contribution in [0.2, 0.25) is 0 Å². The third-order valence-electron chi connectivity index (χ3n) is 5.16. The lowest BCUT2D eigenvalue weighted by atomic mass is 9.96. The summed E-state index contributed by atoms with van der Waals surface area (Å²) in [6.07, 6.45) is 1.89. The maximum Gasteiger partial charge on any atom is 0.408 e. The van der Waals surface area contributed by atoms with Crippen molar-refractivity contribution in [3.63, 3.8) is 0 Å². The predicted octanol–water partition coefficient (Wildman–Crippen LogP) is 2.36. The molecule has 1 aromatic rings. The number of ether oxygens (including phenoxy) is 1. The van der Waals surface area contributed by atoms with E-state index in [4.69, 9.17) is 4.74 Å². The molecule has 0 radical (unpaired) electrons. The monoisotopic (exact) mass is 479 g/mol. The zero-order chi connectivity index (χ0) is 25.9. The number of carbonyl (C=O) groups is 3. The fourth-order valence-corrected chi connectivity index (χ4v) is 3.58. The van der Waals surface area contributed by atoms with Crippen LogP contribution in [-0.4, -0.2) is 71.0 Å². The van der Waals surface area contributed by atoms with Crippen molar-refractivity contribution in [1.82, 2.24) is 15.5 Å². The van der Waals surface area contributed by atoms with Crippen molar-refractivity contribution in [2.75, 3.05) is 26.3 Å². The third kappa shape index (κ3) is 9.30. The van der Waals surface area contributed by atoms with Crippen LogP contribution < -0.4 is 10.6 Å². The van der Waals surface area contributed by atoms with Crippen LogP contribution in [0, 0.1) is 13.8 Å². The van der Waals surface area contributed by atoms with Gasteiger partial charge in [-0.1, -0.05) is 43.5 Å². The van der Waals surface area contributed by atoms with Crippen LogP contribution in [0.5, 0.6) is 0 Å². The smallest absolute Gasteiger partial charge is 0.408 e. The second-order valence-corrected chi connectivity index (χ2v) is 9.40. The Kier molecular flexibility index (Phi) is 12.0. The Morgan fingerprint density at radius 1 is 1.12 bits per heavy atom. The van der Waals surface area contributed by atoms with Crippen LogP contribution in [0.25, 0.3) is 0 Å². The molecule has 0 aliphatic rings. The summed E-state index contributed by atoms with van der Waals surface area (Å²) < 4.78 is 5.20. The van der Waals surface area contributed by atoms with Gasteiger partial charge in [0.05, 0.1) is 13.2 Å². The minimum Gasteiger partial charge on any atom is -0.444 e. The quantitative estimate of drug-likeness (QED) is 0.341. The minimum absolute atomic E-state index is 0.161. The highest BCUT2D eigenvalue weighted by molar-refractivity contribution is 5.92. The first-order chi connectivity index (χ1) is 15.9. The van der Waals surface area contributed by atoms with Crippen LogP contribution in [0.3, 0.4) is 0 Å². The Hall–Kier alpha value is -2.65. The SMILES string of the molecule is CCCCCNC(=O)C(c1ccc(C)cc1C)N(CCO)C(=O)C(CO)NC(=O)OC(C)(C)C. The van der Waals surface area contributed by atoms with E-state index in [1.807, 2.05) is 26.0 Å². The van der Waals surface area contributed by atoms with E-state index in [0.717, 1.165) is 30.4 Å². The molecule has 0 fully saturated rings.